The number of nitriles is 1. The Labute approximate surface area is 108 Å². The summed E-state index contributed by atoms with van der Waals surface area (Å²) in [5, 5.41) is 18.5. The maximum absolute atomic E-state index is 9.52. The fourth-order valence-electron chi connectivity index (χ4n) is 2.59. The first-order valence-corrected chi connectivity index (χ1v) is 6.44. The molecule has 3 N–H and O–H groups in total. The van der Waals surface area contributed by atoms with E-state index in [-0.39, 0.29) is 12.6 Å². The van der Waals surface area contributed by atoms with Crippen molar-refractivity contribution in [1.82, 2.24) is 0 Å². The minimum atomic E-state index is 0.115. The predicted octanol–water partition coefficient (Wildman–Crippen LogP) is 1.88. The second kappa shape index (κ2) is 5.74. The van der Waals surface area contributed by atoms with Gasteiger partial charge in [0.2, 0.25) is 0 Å². The SMILES string of the molecule is N#Cc1cccc(N2CCCCCC2CO)c1N. The van der Waals surface area contributed by atoms with Crippen molar-refractivity contribution in [2.45, 2.75) is 31.7 Å². The largest absolute Gasteiger partial charge is 0.396 e. The van der Waals surface area contributed by atoms with Gasteiger partial charge < -0.3 is 15.7 Å². The van der Waals surface area contributed by atoms with Crippen molar-refractivity contribution < 1.29 is 5.11 Å². The molecule has 1 unspecified atom stereocenters. The Bertz CT molecular complexity index is 453. The summed E-state index contributed by atoms with van der Waals surface area (Å²) in [4.78, 5) is 2.16. The molecule has 4 heteroatoms. The van der Waals surface area contributed by atoms with E-state index in [9.17, 15) is 5.11 Å². The lowest BCUT2D eigenvalue weighted by molar-refractivity contribution is 0.255. The van der Waals surface area contributed by atoms with Crippen LogP contribution in [0.1, 0.15) is 31.2 Å². The van der Waals surface area contributed by atoms with Crippen molar-refractivity contribution in [3.63, 3.8) is 0 Å². The first kappa shape index (κ1) is 12.7. The van der Waals surface area contributed by atoms with Crippen LogP contribution in [-0.4, -0.2) is 24.3 Å². The topological polar surface area (TPSA) is 73.3 Å². The van der Waals surface area contributed by atoms with Crippen molar-refractivity contribution in [3.8, 4) is 6.07 Å². The molecule has 96 valence electrons. The molecule has 0 aromatic heterocycles. The number of hydrogen-bond donors (Lipinski definition) is 2. The summed E-state index contributed by atoms with van der Waals surface area (Å²) in [5.41, 5.74) is 7.97. The molecule has 1 aliphatic heterocycles. The van der Waals surface area contributed by atoms with Gasteiger partial charge in [0.25, 0.3) is 0 Å². The van der Waals surface area contributed by atoms with Gasteiger partial charge in [0, 0.05) is 6.54 Å². The van der Waals surface area contributed by atoms with Crippen LogP contribution in [0.25, 0.3) is 0 Å². The molecule has 1 heterocycles. The van der Waals surface area contributed by atoms with Crippen molar-refractivity contribution in [2.24, 2.45) is 0 Å². The number of benzene rings is 1. The average molecular weight is 245 g/mol. The van der Waals surface area contributed by atoms with E-state index in [4.69, 9.17) is 11.0 Å². The fourth-order valence-corrected chi connectivity index (χ4v) is 2.59. The Kier molecular flexibility index (Phi) is 4.06. The lowest BCUT2D eigenvalue weighted by Gasteiger charge is -2.32. The number of nitrogens with two attached hydrogens (primary N) is 1. The summed E-state index contributed by atoms with van der Waals surface area (Å²) >= 11 is 0. The van der Waals surface area contributed by atoms with E-state index in [2.05, 4.69) is 11.0 Å². The zero-order valence-corrected chi connectivity index (χ0v) is 10.5. The number of para-hydroxylation sites is 1. The molecule has 0 aliphatic carbocycles. The summed E-state index contributed by atoms with van der Waals surface area (Å²) in [6, 6.07) is 7.74. The zero-order valence-electron chi connectivity index (χ0n) is 10.5. The molecule has 18 heavy (non-hydrogen) atoms. The van der Waals surface area contributed by atoms with Gasteiger partial charge in [-0.3, -0.25) is 0 Å². The van der Waals surface area contributed by atoms with Crippen molar-refractivity contribution >= 4 is 11.4 Å². The third kappa shape index (κ3) is 2.41. The van der Waals surface area contributed by atoms with E-state index in [1.54, 1.807) is 6.07 Å². The Morgan fingerprint density at radius 3 is 2.94 bits per heavy atom. The maximum atomic E-state index is 9.52. The van der Waals surface area contributed by atoms with Gasteiger partial charge >= 0.3 is 0 Å². The summed E-state index contributed by atoms with van der Waals surface area (Å²) in [7, 11) is 0. The van der Waals surface area contributed by atoms with Crippen LogP contribution in [0.5, 0.6) is 0 Å². The molecule has 2 rings (SSSR count). The summed E-state index contributed by atoms with van der Waals surface area (Å²) in [6.45, 7) is 1.03. The molecule has 0 bridgehead atoms. The molecule has 0 amide bonds. The Balaban J connectivity index is 2.36. The van der Waals surface area contributed by atoms with Gasteiger partial charge in [-0.25, -0.2) is 0 Å². The number of nitrogens with zero attached hydrogens (tertiary/aromatic N) is 2. The van der Waals surface area contributed by atoms with Crippen LogP contribution in [-0.2, 0) is 0 Å². The van der Waals surface area contributed by atoms with Crippen molar-refractivity contribution in [2.75, 3.05) is 23.8 Å². The van der Waals surface area contributed by atoms with Crippen molar-refractivity contribution in [1.29, 1.82) is 5.26 Å². The van der Waals surface area contributed by atoms with Crippen LogP contribution in [0.3, 0.4) is 0 Å². The van der Waals surface area contributed by atoms with Crippen LogP contribution >= 0.6 is 0 Å². The minimum absolute atomic E-state index is 0.115. The number of anilines is 2. The molecule has 1 fully saturated rings. The molecule has 0 radical (unpaired) electrons. The highest BCUT2D eigenvalue weighted by Gasteiger charge is 2.22. The monoisotopic (exact) mass is 245 g/mol. The molecule has 1 aromatic rings. The molecule has 1 atom stereocenters. The molecular formula is C14H19N3O. The van der Waals surface area contributed by atoms with E-state index < -0.39 is 0 Å². The molecule has 0 spiro atoms. The highest BCUT2D eigenvalue weighted by molar-refractivity contribution is 5.74. The minimum Gasteiger partial charge on any atom is -0.396 e. The Morgan fingerprint density at radius 2 is 2.22 bits per heavy atom. The lowest BCUT2D eigenvalue weighted by atomic mass is 10.1. The first-order chi connectivity index (χ1) is 8.77. The summed E-state index contributed by atoms with van der Waals surface area (Å²) in [6.07, 6.45) is 4.41. The number of rotatable bonds is 2. The molecule has 0 saturated carbocycles. The van der Waals surface area contributed by atoms with E-state index in [1.807, 2.05) is 12.1 Å². The number of nitrogen functional groups attached to an aromatic ring is 1. The lowest BCUT2D eigenvalue weighted by Crippen LogP contribution is -2.38. The third-order valence-corrected chi connectivity index (χ3v) is 3.60. The second-order valence-electron chi connectivity index (χ2n) is 4.73. The van der Waals surface area contributed by atoms with E-state index in [1.165, 1.54) is 6.42 Å². The van der Waals surface area contributed by atoms with Gasteiger partial charge in [-0.2, -0.15) is 5.26 Å². The standard InChI is InChI=1S/C14H19N3O/c15-9-11-5-4-7-13(14(11)16)17-8-3-1-2-6-12(17)10-18/h4-5,7,12,18H,1-3,6,8,10,16H2. The van der Waals surface area contributed by atoms with Gasteiger partial charge in [0.1, 0.15) is 6.07 Å². The highest BCUT2D eigenvalue weighted by atomic mass is 16.3. The smallest absolute Gasteiger partial charge is 0.101 e. The van der Waals surface area contributed by atoms with E-state index in [0.29, 0.717) is 11.3 Å². The van der Waals surface area contributed by atoms with Gasteiger partial charge in [-0.05, 0) is 25.0 Å². The second-order valence-corrected chi connectivity index (χ2v) is 4.73. The van der Waals surface area contributed by atoms with Crippen LogP contribution in [0.15, 0.2) is 18.2 Å². The predicted molar refractivity (Wildman–Crippen MR) is 72.3 cm³/mol. The quantitative estimate of drug-likeness (QED) is 0.780. The number of hydrogen-bond acceptors (Lipinski definition) is 4. The number of aliphatic hydroxyl groups is 1. The Hall–Kier alpha value is -1.73. The van der Waals surface area contributed by atoms with Gasteiger partial charge in [-0.1, -0.05) is 18.9 Å². The van der Waals surface area contributed by atoms with Crippen LogP contribution < -0.4 is 10.6 Å². The van der Waals surface area contributed by atoms with E-state index in [0.717, 1.165) is 31.5 Å². The Morgan fingerprint density at radius 1 is 1.39 bits per heavy atom. The molecular weight excluding hydrogens is 226 g/mol. The third-order valence-electron chi connectivity index (χ3n) is 3.60. The van der Waals surface area contributed by atoms with Crippen LogP contribution in [0.2, 0.25) is 0 Å². The van der Waals surface area contributed by atoms with Gasteiger partial charge in [0.15, 0.2) is 0 Å². The first-order valence-electron chi connectivity index (χ1n) is 6.44. The van der Waals surface area contributed by atoms with E-state index >= 15 is 0 Å². The molecule has 4 nitrogen and oxygen atoms in total. The summed E-state index contributed by atoms with van der Waals surface area (Å²) in [5.74, 6) is 0. The van der Waals surface area contributed by atoms with Crippen molar-refractivity contribution in [3.05, 3.63) is 23.8 Å². The number of aliphatic hydroxyl groups excluding tert-OH is 1. The fraction of sp³-hybridized carbons (Fsp3) is 0.500. The molecule has 1 aliphatic rings. The zero-order chi connectivity index (χ0) is 13.0. The van der Waals surface area contributed by atoms with Gasteiger partial charge in [-0.15, -0.1) is 0 Å². The maximum Gasteiger partial charge on any atom is 0.101 e. The summed E-state index contributed by atoms with van der Waals surface area (Å²) < 4.78 is 0. The highest BCUT2D eigenvalue weighted by Crippen LogP contribution is 2.30. The van der Waals surface area contributed by atoms with Crippen LogP contribution in [0.4, 0.5) is 11.4 Å². The van der Waals surface area contributed by atoms with Gasteiger partial charge in [0.05, 0.1) is 29.6 Å². The average Bonchev–Trinajstić information content (AvgIpc) is 2.64. The molecule has 1 saturated heterocycles. The normalized spacial score (nSPS) is 20.2. The molecule has 1 aromatic carbocycles. The van der Waals surface area contributed by atoms with Crippen LogP contribution in [0, 0.1) is 11.3 Å².